The molecular formula is C13H12F3N3O2. The first-order valence-corrected chi connectivity index (χ1v) is 6.08. The molecule has 0 saturated carbocycles. The first kappa shape index (κ1) is 15.0. The van der Waals surface area contributed by atoms with Gasteiger partial charge in [0.15, 0.2) is 0 Å². The van der Waals surface area contributed by atoms with Crippen LogP contribution >= 0.6 is 0 Å². The number of carbonyl (C=O) groups excluding carboxylic acids is 1. The Bertz CT molecular complexity index is 650. The second-order valence-corrected chi connectivity index (χ2v) is 4.64. The van der Waals surface area contributed by atoms with E-state index >= 15 is 0 Å². The van der Waals surface area contributed by atoms with Crippen LogP contribution in [0.2, 0.25) is 0 Å². The normalized spacial score (nSPS) is 11.7. The van der Waals surface area contributed by atoms with Crippen LogP contribution in [0.4, 0.5) is 19.1 Å². The van der Waals surface area contributed by atoms with Crippen molar-refractivity contribution in [1.82, 2.24) is 10.1 Å². The number of amides is 1. The van der Waals surface area contributed by atoms with Crippen molar-refractivity contribution in [2.24, 2.45) is 0 Å². The van der Waals surface area contributed by atoms with E-state index in [1.165, 1.54) is 6.20 Å². The maximum absolute atomic E-state index is 12.9. The van der Waals surface area contributed by atoms with Crippen molar-refractivity contribution in [2.45, 2.75) is 25.9 Å². The second kappa shape index (κ2) is 5.55. The van der Waals surface area contributed by atoms with E-state index in [-0.39, 0.29) is 11.8 Å². The van der Waals surface area contributed by atoms with Gasteiger partial charge in [0.2, 0.25) is 5.88 Å². The minimum absolute atomic E-state index is 0.00235. The molecule has 0 bridgehead atoms. The Balaban J connectivity index is 2.32. The number of anilines is 1. The average Bonchev–Trinajstić information content (AvgIpc) is 2.86. The van der Waals surface area contributed by atoms with Crippen LogP contribution in [0.1, 0.15) is 41.3 Å². The van der Waals surface area contributed by atoms with Gasteiger partial charge in [-0.05, 0) is 12.0 Å². The summed E-state index contributed by atoms with van der Waals surface area (Å²) in [6.45, 7) is 3.68. The van der Waals surface area contributed by atoms with Crippen LogP contribution in [-0.4, -0.2) is 16.0 Å². The Morgan fingerprint density at radius 2 is 2.05 bits per heavy atom. The first-order valence-electron chi connectivity index (χ1n) is 6.08. The highest BCUT2D eigenvalue weighted by Gasteiger charge is 2.35. The quantitative estimate of drug-likeness (QED) is 0.942. The first-order chi connectivity index (χ1) is 9.80. The smallest absolute Gasteiger partial charge is 0.338 e. The molecule has 0 aromatic carbocycles. The summed E-state index contributed by atoms with van der Waals surface area (Å²) in [7, 11) is 0. The zero-order valence-corrected chi connectivity index (χ0v) is 11.2. The average molecular weight is 299 g/mol. The van der Waals surface area contributed by atoms with E-state index < -0.39 is 23.2 Å². The van der Waals surface area contributed by atoms with Crippen LogP contribution in [0.25, 0.3) is 0 Å². The lowest BCUT2D eigenvalue weighted by Crippen LogP contribution is -2.19. The van der Waals surface area contributed by atoms with Gasteiger partial charge in [0.05, 0.1) is 17.3 Å². The minimum atomic E-state index is -4.64. The Hall–Kier alpha value is -2.38. The van der Waals surface area contributed by atoms with Crippen LogP contribution in [0.5, 0.6) is 0 Å². The predicted octanol–water partition coefficient (Wildman–Crippen LogP) is 3.46. The van der Waals surface area contributed by atoms with E-state index in [0.717, 1.165) is 18.5 Å². The van der Waals surface area contributed by atoms with Crippen molar-refractivity contribution in [2.75, 3.05) is 5.32 Å². The number of hydrogen-bond donors (Lipinski definition) is 1. The number of carbonyl (C=O) groups is 1. The molecule has 2 aromatic heterocycles. The van der Waals surface area contributed by atoms with Gasteiger partial charge < -0.3 is 4.52 Å². The van der Waals surface area contributed by atoms with Crippen LogP contribution in [0.3, 0.4) is 0 Å². The highest BCUT2D eigenvalue weighted by molar-refractivity contribution is 6.04. The molecular weight excluding hydrogens is 287 g/mol. The lowest BCUT2D eigenvalue weighted by atomic mass is 10.1. The lowest BCUT2D eigenvalue weighted by Gasteiger charge is -2.11. The van der Waals surface area contributed by atoms with Gasteiger partial charge in [0.25, 0.3) is 5.91 Å². The molecule has 112 valence electrons. The van der Waals surface area contributed by atoms with Gasteiger partial charge in [0, 0.05) is 18.0 Å². The monoisotopic (exact) mass is 299 g/mol. The molecule has 1 amide bonds. The summed E-state index contributed by atoms with van der Waals surface area (Å²) in [4.78, 5) is 15.6. The molecule has 8 heteroatoms. The van der Waals surface area contributed by atoms with E-state index in [1.807, 2.05) is 13.8 Å². The molecule has 0 unspecified atom stereocenters. The molecule has 2 rings (SSSR count). The van der Waals surface area contributed by atoms with Gasteiger partial charge >= 0.3 is 6.18 Å². The molecule has 0 saturated heterocycles. The topological polar surface area (TPSA) is 68.0 Å². The van der Waals surface area contributed by atoms with Gasteiger partial charge in [-0.15, -0.1) is 0 Å². The number of nitrogens with zero attached hydrogens (tertiary/aromatic N) is 2. The van der Waals surface area contributed by atoms with Gasteiger partial charge in [0.1, 0.15) is 0 Å². The van der Waals surface area contributed by atoms with Gasteiger partial charge in [-0.3, -0.25) is 15.1 Å². The van der Waals surface area contributed by atoms with E-state index in [2.05, 4.69) is 15.5 Å². The third-order valence-electron chi connectivity index (χ3n) is 2.82. The van der Waals surface area contributed by atoms with Crippen LogP contribution in [0, 0.1) is 0 Å². The molecule has 1 N–H and O–H groups in total. The van der Waals surface area contributed by atoms with Crippen LogP contribution in [-0.2, 0) is 6.18 Å². The number of hydrogen-bond acceptors (Lipinski definition) is 4. The van der Waals surface area contributed by atoms with E-state index in [4.69, 9.17) is 4.52 Å². The summed E-state index contributed by atoms with van der Waals surface area (Å²) in [5.41, 5.74) is -1.03. The highest BCUT2D eigenvalue weighted by Crippen LogP contribution is 2.32. The van der Waals surface area contributed by atoms with Gasteiger partial charge in [-0.1, -0.05) is 19.0 Å². The van der Waals surface area contributed by atoms with Crippen LogP contribution < -0.4 is 5.32 Å². The molecule has 0 aliphatic rings. The Morgan fingerprint density at radius 1 is 1.33 bits per heavy atom. The van der Waals surface area contributed by atoms with E-state index in [9.17, 15) is 18.0 Å². The number of aromatic nitrogens is 2. The fourth-order valence-corrected chi connectivity index (χ4v) is 1.75. The molecule has 0 fully saturated rings. The Kier molecular flexibility index (Phi) is 3.97. The number of pyridine rings is 1. The highest BCUT2D eigenvalue weighted by atomic mass is 19.4. The second-order valence-electron chi connectivity index (χ2n) is 4.64. The summed E-state index contributed by atoms with van der Waals surface area (Å²) < 4.78 is 43.4. The molecule has 0 aliphatic carbocycles. The van der Waals surface area contributed by atoms with Crippen molar-refractivity contribution in [3.05, 3.63) is 41.3 Å². The third-order valence-corrected chi connectivity index (χ3v) is 2.82. The fraction of sp³-hybridized carbons (Fsp3) is 0.308. The maximum atomic E-state index is 12.9. The molecule has 0 spiro atoms. The SMILES string of the molecule is CC(C)c1cnoc1NC(=O)c1cnccc1C(F)(F)F. The van der Waals surface area contributed by atoms with E-state index in [0.29, 0.717) is 5.56 Å². The number of rotatable bonds is 3. The molecule has 21 heavy (non-hydrogen) atoms. The van der Waals surface area contributed by atoms with Crippen molar-refractivity contribution >= 4 is 11.8 Å². The van der Waals surface area contributed by atoms with Crippen molar-refractivity contribution < 1.29 is 22.5 Å². The molecule has 0 radical (unpaired) electrons. The largest absolute Gasteiger partial charge is 0.417 e. The summed E-state index contributed by atoms with van der Waals surface area (Å²) in [6, 6.07) is 0.749. The fourth-order valence-electron chi connectivity index (χ4n) is 1.75. The molecule has 2 aromatic rings. The summed E-state index contributed by atoms with van der Waals surface area (Å²) >= 11 is 0. The summed E-state index contributed by atoms with van der Waals surface area (Å²) in [5.74, 6) is -0.913. The number of alkyl halides is 3. The zero-order chi connectivity index (χ0) is 15.6. The molecule has 0 aliphatic heterocycles. The van der Waals surface area contributed by atoms with Gasteiger partial charge in [-0.25, -0.2) is 0 Å². The lowest BCUT2D eigenvalue weighted by molar-refractivity contribution is -0.138. The molecule has 2 heterocycles. The van der Waals surface area contributed by atoms with Crippen molar-refractivity contribution in [1.29, 1.82) is 0 Å². The third kappa shape index (κ3) is 3.21. The van der Waals surface area contributed by atoms with Gasteiger partial charge in [-0.2, -0.15) is 13.2 Å². The number of halogens is 3. The van der Waals surface area contributed by atoms with E-state index in [1.54, 1.807) is 0 Å². The van der Waals surface area contributed by atoms with Crippen LogP contribution in [0.15, 0.2) is 29.2 Å². The maximum Gasteiger partial charge on any atom is 0.417 e. The minimum Gasteiger partial charge on any atom is -0.338 e. The van der Waals surface area contributed by atoms with Crippen molar-refractivity contribution in [3.63, 3.8) is 0 Å². The Morgan fingerprint density at radius 3 is 2.67 bits per heavy atom. The predicted molar refractivity (Wildman–Crippen MR) is 67.8 cm³/mol. The summed E-state index contributed by atoms with van der Waals surface area (Å²) in [5, 5.41) is 5.83. The van der Waals surface area contributed by atoms with Crippen molar-refractivity contribution in [3.8, 4) is 0 Å². The molecule has 5 nitrogen and oxygen atoms in total. The summed E-state index contributed by atoms with van der Waals surface area (Å²) in [6.07, 6.45) is -1.39. The standard InChI is InChI=1S/C13H12F3N3O2/c1-7(2)8-6-18-21-12(8)19-11(20)9-5-17-4-3-10(9)13(14,15)16/h3-7H,1-2H3,(H,19,20). The number of nitrogens with one attached hydrogen (secondary N) is 1. The Labute approximate surface area is 118 Å². The zero-order valence-electron chi connectivity index (χ0n) is 11.2. The molecule has 0 atom stereocenters.